The van der Waals surface area contributed by atoms with E-state index in [-0.39, 0.29) is 0 Å². The highest BCUT2D eigenvalue weighted by Crippen LogP contribution is 2.33. The molecule has 0 aliphatic heterocycles. The maximum absolute atomic E-state index is 4.15. The van der Waals surface area contributed by atoms with E-state index in [1.807, 2.05) is 6.08 Å². The van der Waals surface area contributed by atoms with E-state index in [9.17, 15) is 0 Å². The number of nitrogens with zero attached hydrogens (tertiary/aromatic N) is 1. The van der Waals surface area contributed by atoms with E-state index < -0.39 is 0 Å². The Morgan fingerprint density at radius 3 is 2.39 bits per heavy atom. The van der Waals surface area contributed by atoms with Crippen LogP contribution in [-0.2, 0) is 12.8 Å². The summed E-state index contributed by atoms with van der Waals surface area (Å²) < 4.78 is 0. The molecule has 0 bridgehead atoms. The fourth-order valence-corrected chi connectivity index (χ4v) is 3.16. The molecule has 0 N–H and O–H groups in total. The van der Waals surface area contributed by atoms with E-state index in [0.717, 1.165) is 24.9 Å². The lowest BCUT2D eigenvalue weighted by Crippen LogP contribution is -2.02. The predicted molar refractivity (Wildman–Crippen MR) is 102 cm³/mol. The minimum atomic E-state index is 0.323. The number of aliphatic imine (C=N–C) groups is 1. The zero-order valence-electron chi connectivity index (χ0n) is 14.6. The van der Waals surface area contributed by atoms with Gasteiger partial charge in [-0.05, 0) is 72.9 Å². The van der Waals surface area contributed by atoms with Gasteiger partial charge in [0, 0.05) is 5.92 Å². The van der Waals surface area contributed by atoms with Crippen molar-refractivity contribution >= 4 is 12.4 Å². The molecular weight excluding hydrogens is 278 g/mol. The van der Waals surface area contributed by atoms with E-state index in [4.69, 9.17) is 0 Å². The average molecular weight is 305 g/mol. The molecule has 0 heterocycles. The van der Waals surface area contributed by atoms with Crippen molar-refractivity contribution in [3.8, 4) is 0 Å². The van der Waals surface area contributed by atoms with Gasteiger partial charge in [0.25, 0.3) is 0 Å². The summed E-state index contributed by atoms with van der Waals surface area (Å²) in [6, 6.07) is 13.4. The normalized spacial score (nSPS) is 12.0. The molecule has 2 aromatic carbocycles. The van der Waals surface area contributed by atoms with Gasteiger partial charge in [0.15, 0.2) is 0 Å². The van der Waals surface area contributed by atoms with Gasteiger partial charge in [-0.1, -0.05) is 44.2 Å². The van der Waals surface area contributed by atoms with Gasteiger partial charge in [0.05, 0.1) is 5.69 Å². The largest absolute Gasteiger partial charge is 0.265 e. The van der Waals surface area contributed by atoms with Crippen molar-refractivity contribution in [3.63, 3.8) is 0 Å². The van der Waals surface area contributed by atoms with Crippen LogP contribution in [0.1, 0.15) is 54.0 Å². The monoisotopic (exact) mass is 305 g/mol. The molecule has 120 valence electrons. The van der Waals surface area contributed by atoms with Crippen molar-refractivity contribution in [2.75, 3.05) is 0 Å². The van der Waals surface area contributed by atoms with Gasteiger partial charge < -0.3 is 0 Å². The van der Waals surface area contributed by atoms with Crippen LogP contribution in [-0.4, -0.2) is 6.72 Å². The van der Waals surface area contributed by atoms with Crippen molar-refractivity contribution in [1.29, 1.82) is 0 Å². The molecule has 0 amide bonds. The Morgan fingerprint density at radius 1 is 1.04 bits per heavy atom. The highest BCUT2D eigenvalue weighted by atomic mass is 14.7. The van der Waals surface area contributed by atoms with Crippen molar-refractivity contribution in [3.05, 3.63) is 76.9 Å². The molecular formula is C22H27N. The molecule has 2 rings (SSSR count). The number of benzene rings is 2. The molecule has 1 unspecified atom stereocenters. The van der Waals surface area contributed by atoms with Crippen LogP contribution in [0, 0.1) is 6.92 Å². The first-order chi connectivity index (χ1) is 11.1. The Hall–Kier alpha value is -2.15. The van der Waals surface area contributed by atoms with Crippen molar-refractivity contribution < 1.29 is 0 Å². The third kappa shape index (κ3) is 3.98. The Kier molecular flexibility index (Phi) is 5.92. The lowest BCUT2D eigenvalue weighted by atomic mass is 9.85. The Labute approximate surface area is 140 Å². The van der Waals surface area contributed by atoms with Gasteiger partial charge in [-0.25, -0.2) is 0 Å². The number of hydrogen-bond donors (Lipinski definition) is 0. The Balaban J connectivity index is 2.51. The summed E-state index contributed by atoms with van der Waals surface area (Å²) in [5.41, 5.74) is 7.70. The summed E-state index contributed by atoms with van der Waals surface area (Å²) in [5, 5.41) is 0. The first-order valence-corrected chi connectivity index (χ1v) is 8.43. The minimum absolute atomic E-state index is 0.323. The Morgan fingerprint density at radius 2 is 1.83 bits per heavy atom. The Bertz CT molecular complexity index is 697. The van der Waals surface area contributed by atoms with Crippen LogP contribution in [0.2, 0.25) is 0 Å². The van der Waals surface area contributed by atoms with Crippen LogP contribution < -0.4 is 0 Å². The molecule has 0 aromatic heterocycles. The molecule has 0 spiro atoms. The fraction of sp³-hybridized carbons (Fsp3) is 0.318. The highest BCUT2D eigenvalue weighted by molar-refractivity contribution is 5.52. The second-order valence-corrected chi connectivity index (χ2v) is 6.06. The van der Waals surface area contributed by atoms with Crippen molar-refractivity contribution in [2.45, 2.75) is 46.0 Å². The van der Waals surface area contributed by atoms with Gasteiger partial charge in [-0.2, -0.15) is 0 Å². The number of rotatable bonds is 7. The summed E-state index contributed by atoms with van der Waals surface area (Å²) in [6.07, 6.45) is 5.01. The zero-order chi connectivity index (χ0) is 16.8. The van der Waals surface area contributed by atoms with Crippen LogP contribution >= 0.6 is 0 Å². The molecule has 2 aromatic rings. The highest BCUT2D eigenvalue weighted by Gasteiger charge is 2.15. The van der Waals surface area contributed by atoms with Crippen LogP contribution in [0.5, 0.6) is 0 Å². The quantitative estimate of drug-likeness (QED) is 0.429. The van der Waals surface area contributed by atoms with Crippen LogP contribution in [0.4, 0.5) is 5.69 Å². The standard InChI is InChI=1S/C22H27N/c1-6-9-22(19-11-10-18(8-3)16(4)12-19)20-13-17(7-2)14-21(15-20)23-5/h6,10-15,22H,1,5,7-9H2,2-4H3. The summed E-state index contributed by atoms with van der Waals surface area (Å²) >= 11 is 0. The predicted octanol–water partition coefficient (Wildman–Crippen LogP) is 6.16. The van der Waals surface area contributed by atoms with Crippen molar-refractivity contribution in [2.24, 2.45) is 4.99 Å². The number of hydrogen-bond acceptors (Lipinski definition) is 1. The molecule has 0 aliphatic carbocycles. The maximum atomic E-state index is 4.15. The summed E-state index contributed by atoms with van der Waals surface area (Å²) in [7, 11) is 0. The fourth-order valence-electron chi connectivity index (χ4n) is 3.16. The molecule has 0 saturated carbocycles. The van der Waals surface area contributed by atoms with E-state index in [1.54, 1.807) is 0 Å². The summed E-state index contributed by atoms with van der Waals surface area (Å²) in [4.78, 5) is 4.15. The third-order valence-electron chi connectivity index (χ3n) is 4.55. The van der Waals surface area contributed by atoms with Crippen LogP contribution in [0.3, 0.4) is 0 Å². The molecule has 1 heteroatoms. The van der Waals surface area contributed by atoms with E-state index in [2.05, 4.69) is 75.5 Å². The summed E-state index contributed by atoms with van der Waals surface area (Å²) in [6.45, 7) is 14.2. The first-order valence-electron chi connectivity index (χ1n) is 8.43. The molecule has 1 nitrogen and oxygen atoms in total. The summed E-state index contributed by atoms with van der Waals surface area (Å²) in [5.74, 6) is 0.323. The smallest absolute Gasteiger partial charge is 0.0628 e. The number of allylic oxidation sites excluding steroid dienone is 1. The number of aryl methyl sites for hydroxylation is 3. The zero-order valence-corrected chi connectivity index (χ0v) is 14.6. The van der Waals surface area contributed by atoms with E-state index in [1.165, 1.54) is 27.8 Å². The topological polar surface area (TPSA) is 12.4 Å². The molecule has 0 saturated heterocycles. The maximum Gasteiger partial charge on any atom is 0.0628 e. The van der Waals surface area contributed by atoms with E-state index in [0.29, 0.717) is 5.92 Å². The molecule has 23 heavy (non-hydrogen) atoms. The minimum Gasteiger partial charge on any atom is -0.265 e. The first kappa shape index (κ1) is 17.2. The van der Waals surface area contributed by atoms with Gasteiger partial charge in [-0.15, -0.1) is 6.58 Å². The van der Waals surface area contributed by atoms with Gasteiger partial charge >= 0.3 is 0 Å². The van der Waals surface area contributed by atoms with Gasteiger partial charge in [0.1, 0.15) is 0 Å². The van der Waals surface area contributed by atoms with Crippen molar-refractivity contribution in [1.82, 2.24) is 0 Å². The molecule has 0 radical (unpaired) electrons. The van der Waals surface area contributed by atoms with Gasteiger partial charge in [0.2, 0.25) is 0 Å². The lowest BCUT2D eigenvalue weighted by Gasteiger charge is -2.19. The SMILES string of the molecule is C=CCC(c1cc(CC)cc(N=C)c1)c1ccc(CC)c(C)c1. The van der Waals surface area contributed by atoms with E-state index >= 15 is 0 Å². The molecule has 0 fully saturated rings. The average Bonchev–Trinajstić information content (AvgIpc) is 2.59. The van der Waals surface area contributed by atoms with Gasteiger partial charge in [-0.3, -0.25) is 4.99 Å². The second-order valence-electron chi connectivity index (χ2n) is 6.06. The second kappa shape index (κ2) is 7.92. The van der Waals surface area contributed by atoms with Crippen LogP contribution in [0.15, 0.2) is 54.0 Å². The van der Waals surface area contributed by atoms with Crippen LogP contribution in [0.25, 0.3) is 0 Å². The molecule has 0 aliphatic rings. The lowest BCUT2D eigenvalue weighted by molar-refractivity contribution is 0.825. The third-order valence-corrected chi connectivity index (χ3v) is 4.55. The molecule has 1 atom stereocenters.